The third-order valence-corrected chi connectivity index (χ3v) is 1.50. The van der Waals surface area contributed by atoms with Crippen molar-refractivity contribution in [2.24, 2.45) is 0 Å². The molecule has 48 valence electrons. The highest BCUT2D eigenvalue weighted by molar-refractivity contribution is 5.84. The molecule has 0 radical (unpaired) electrons. The van der Waals surface area contributed by atoms with Crippen LogP contribution in [-0.2, 0) is 4.79 Å². The van der Waals surface area contributed by atoms with Crippen molar-refractivity contribution >= 4 is 5.78 Å². The number of hydrogen-bond acceptors (Lipinski definition) is 1. The molecular weight excluding hydrogens is 112 g/mol. The molecule has 1 aliphatic rings. The lowest BCUT2D eigenvalue weighted by Gasteiger charge is -1.85. The van der Waals surface area contributed by atoms with Crippen molar-refractivity contribution in [3.05, 3.63) is 24.3 Å². The summed E-state index contributed by atoms with van der Waals surface area (Å²) >= 11 is 0. The van der Waals surface area contributed by atoms with Crippen LogP contribution in [0.4, 0.5) is 0 Å². The smallest absolute Gasteiger partial charge is 0.137 e. The number of Topliss-reactive ketones (excluding diaryl/α,β-unsaturated/α-hetero) is 1. The van der Waals surface area contributed by atoms with Crippen molar-refractivity contribution in [1.29, 1.82) is 0 Å². The molecule has 0 unspecified atom stereocenters. The Morgan fingerprint density at radius 3 is 2.67 bits per heavy atom. The van der Waals surface area contributed by atoms with Crippen LogP contribution >= 0.6 is 0 Å². The zero-order chi connectivity index (χ0) is 6.69. The lowest BCUT2D eigenvalue weighted by atomic mass is 10.2. The summed E-state index contributed by atoms with van der Waals surface area (Å²) in [6.45, 7) is 3.56. The lowest BCUT2D eigenvalue weighted by Crippen LogP contribution is -1.83. The molecule has 1 aliphatic carbocycles. The molecule has 0 aromatic rings. The van der Waals surface area contributed by atoms with E-state index >= 15 is 0 Å². The van der Waals surface area contributed by atoms with E-state index < -0.39 is 0 Å². The zero-order valence-corrected chi connectivity index (χ0v) is 5.39. The fourth-order valence-electron chi connectivity index (χ4n) is 1.04. The van der Waals surface area contributed by atoms with Crippen LogP contribution in [0, 0.1) is 0 Å². The highest BCUT2D eigenvalue weighted by Crippen LogP contribution is 2.20. The van der Waals surface area contributed by atoms with Gasteiger partial charge in [-0.05, 0) is 6.42 Å². The van der Waals surface area contributed by atoms with Crippen LogP contribution in [0.2, 0.25) is 0 Å². The molecular formula is C8H10O. The van der Waals surface area contributed by atoms with E-state index in [0.717, 1.165) is 12.8 Å². The summed E-state index contributed by atoms with van der Waals surface area (Å²) in [5.74, 6) is 0.364. The van der Waals surface area contributed by atoms with Gasteiger partial charge < -0.3 is 0 Å². The fourth-order valence-corrected chi connectivity index (χ4v) is 1.04. The number of ketones is 1. The van der Waals surface area contributed by atoms with Gasteiger partial charge in [0.2, 0.25) is 0 Å². The van der Waals surface area contributed by atoms with Gasteiger partial charge in [0.15, 0.2) is 0 Å². The predicted octanol–water partition coefficient (Wildman–Crippen LogP) is 1.85. The van der Waals surface area contributed by atoms with Gasteiger partial charge in [0.25, 0.3) is 0 Å². The summed E-state index contributed by atoms with van der Waals surface area (Å²) in [7, 11) is 0. The van der Waals surface area contributed by atoms with E-state index in [9.17, 15) is 4.79 Å². The molecule has 0 spiro atoms. The third kappa shape index (κ3) is 1.53. The summed E-state index contributed by atoms with van der Waals surface area (Å²) in [6, 6.07) is 0. The third-order valence-electron chi connectivity index (χ3n) is 1.50. The minimum atomic E-state index is 0.364. The standard InChI is InChI=1S/C8H10O/c1-2-3-7-4-5-8(9)6-7/h2-3H,1,4-6H2/b7-3-. The SMILES string of the molecule is C=C/C=C1/CCC(=O)C1. The Kier molecular flexibility index (Phi) is 1.83. The molecule has 0 aromatic heterocycles. The topological polar surface area (TPSA) is 17.1 Å². The van der Waals surface area contributed by atoms with Gasteiger partial charge in [0.1, 0.15) is 5.78 Å². The molecule has 0 atom stereocenters. The average Bonchev–Trinajstić information content (AvgIpc) is 2.17. The van der Waals surface area contributed by atoms with Crippen LogP contribution in [0.25, 0.3) is 0 Å². The Bertz CT molecular complexity index is 165. The van der Waals surface area contributed by atoms with E-state index in [-0.39, 0.29) is 0 Å². The number of carbonyl (C=O) groups excluding carboxylic acids is 1. The summed E-state index contributed by atoms with van der Waals surface area (Å²) in [6.07, 6.45) is 6.02. The largest absolute Gasteiger partial charge is 0.299 e. The van der Waals surface area contributed by atoms with E-state index in [1.165, 1.54) is 5.57 Å². The summed E-state index contributed by atoms with van der Waals surface area (Å²) in [5.41, 5.74) is 1.23. The molecule has 9 heavy (non-hydrogen) atoms. The highest BCUT2D eigenvalue weighted by Gasteiger charge is 2.13. The van der Waals surface area contributed by atoms with Crippen molar-refractivity contribution in [3.63, 3.8) is 0 Å². The van der Waals surface area contributed by atoms with Crippen molar-refractivity contribution < 1.29 is 4.79 Å². The average molecular weight is 122 g/mol. The van der Waals surface area contributed by atoms with Crippen LogP contribution in [-0.4, -0.2) is 5.78 Å². The number of allylic oxidation sites excluding steroid dienone is 3. The second-order valence-electron chi connectivity index (χ2n) is 2.28. The molecule has 1 saturated carbocycles. The van der Waals surface area contributed by atoms with Gasteiger partial charge in [0, 0.05) is 12.8 Å². The second kappa shape index (κ2) is 2.62. The molecule has 0 saturated heterocycles. The molecule has 1 fully saturated rings. The fraction of sp³-hybridized carbons (Fsp3) is 0.375. The van der Waals surface area contributed by atoms with Crippen LogP contribution in [0.5, 0.6) is 0 Å². The molecule has 1 nitrogen and oxygen atoms in total. The molecule has 0 heterocycles. The van der Waals surface area contributed by atoms with Gasteiger partial charge in [-0.25, -0.2) is 0 Å². The van der Waals surface area contributed by atoms with Crippen molar-refractivity contribution in [3.8, 4) is 0 Å². The second-order valence-corrected chi connectivity index (χ2v) is 2.28. The summed E-state index contributed by atoms with van der Waals surface area (Å²) < 4.78 is 0. The van der Waals surface area contributed by atoms with Crippen LogP contribution < -0.4 is 0 Å². The maximum atomic E-state index is 10.7. The first-order chi connectivity index (χ1) is 4.33. The molecule has 0 aromatic carbocycles. The summed E-state index contributed by atoms with van der Waals surface area (Å²) in [5, 5.41) is 0. The molecule has 0 bridgehead atoms. The zero-order valence-electron chi connectivity index (χ0n) is 5.39. The monoisotopic (exact) mass is 122 g/mol. The Hall–Kier alpha value is -0.850. The molecule has 0 amide bonds. The van der Waals surface area contributed by atoms with Crippen molar-refractivity contribution in [1.82, 2.24) is 0 Å². The normalized spacial score (nSPS) is 23.1. The van der Waals surface area contributed by atoms with Crippen molar-refractivity contribution in [2.45, 2.75) is 19.3 Å². The molecule has 1 rings (SSSR count). The van der Waals surface area contributed by atoms with Crippen LogP contribution in [0.15, 0.2) is 24.3 Å². The van der Waals surface area contributed by atoms with Gasteiger partial charge in [-0.1, -0.05) is 24.3 Å². The minimum Gasteiger partial charge on any atom is -0.299 e. The van der Waals surface area contributed by atoms with E-state index in [4.69, 9.17) is 0 Å². The van der Waals surface area contributed by atoms with E-state index in [1.807, 2.05) is 6.08 Å². The maximum Gasteiger partial charge on any atom is 0.137 e. The Morgan fingerprint density at radius 2 is 2.22 bits per heavy atom. The predicted molar refractivity (Wildman–Crippen MR) is 37.1 cm³/mol. The Labute approximate surface area is 55.1 Å². The highest BCUT2D eigenvalue weighted by atomic mass is 16.1. The maximum absolute atomic E-state index is 10.7. The molecule has 1 heteroatoms. The van der Waals surface area contributed by atoms with Gasteiger partial charge in [-0.2, -0.15) is 0 Å². The van der Waals surface area contributed by atoms with Gasteiger partial charge >= 0.3 is 0 Å². The quantitative estimate of drug-likeness (QED) is 0.518. The lowest BCUT2D eigenvalue weighted by molar-refractivity contribution is -0.117. The van der Waals surface area contributed by atoms with Gasteiger partial charge in [0.05, 0.1) is 0 Å². The van der Waals surface area contributed by atoms with Crippen LogP contribution in [0.1, 0.15) is 19.3 Å². The summed E-state index contributed by atoms with van der Waals surface area (Å²) in [4.78, 5) is 10.7. The minimum absolute atomic E-state index is 0.364. The number of hydrogen-bond donors (Lipinski definition) is 0. The first kappa shape index (κ1) is 6.27. The first-order valence-electron chi connectivity index (χ1n) is 3.15. The molecule has 0 aliphatic heterocycles. The Morgan fingerprint density at radius 1 is 1.44 bits per heavy atom. The molecule has 0 N–H and O–H groups in total. The Balaban J connectivity index is 2.57. The first-order valence-corrected chi connectivity index (χ1v) is 3.15. The van der Waals surface area contributed by atoms with Gasteiger partial charge in [-0.3, -0.25) is 4.79 Å². The van der Waals surface area contributed by atoms with Gasteiger partial charge in [-0.15, -0.1) is 0 Å². The number of carbonyl (C=O) groups is 1. The van der Waals surface area contributed by atoms with Crippen LogP contribution in [0.3, 0.4) is 0 Å². The van der Waals surface area contributed by atoms with E-state index in [0.29, 0.717) is 12.2 Å². The van der Waals surface area contributed by atoms with Crippen molar-refractivity contribution in [2.75, 3.05) is 0 Å². The number of rotatable bonds is 1. The van der Waals surface area contributed by atoms with E-state index in [1.54, 1.807) is 6.08 Å². The van der Waals surface area contributed by atoms with E-state index in [2.05, 4.69) is 6.58 Å².